The molecule has 0 N–H and O–H groups in total. The lowest BCUT2D eigenvalue weighted by atomic mass is 9.93. The lowest BCUT2D eigenvalue weighted by Gasteiger charge is -2.27. The molecular weight excluding hydrogens is 236 g/mol. The van der Waals surface area contributed by atoms with Crippen LogP contribution in [0.25, 0.3) is 0 Å². The number of carbonyl (C=O) groups is 2. The minimum absolute atomic E-state index is 0.00483. The van der Waals surface area contributed by atoms with Gasteiger partial charge in [0, 0.05) is 0 Å². The van der Waals surface area contributed by atoms with Crippen LogP contribution in [0.2, 0.25) is 0 Å². The molecule has 1 atom stereocenters. The van der Waals surface area contributed by atoms with Gasteiger partial charge in [-0.2, -0.15) is 0 Å². The van der Waals surface area contributed by atoms with Gasteiger partial charge in [0.05, 0.1) is 25.7 Å². The molecule has 0 aliphatic heterocycles. The van der Waals surface area contributed by atoms with Crippen LogP contribution in [0.5, 0.6) is 0 Å². The zero-order valence-electron chi connectivity index (χ0n) is 12.1. The Morgan fingerprint density at radius 2 is 1.67 bits per heavy atom. The first-order valence-corrected chi connectivity index (χ1v) is 6.09. The third-order valence-electron chi connectivity index (χ3n) is 2.42. The maximum absolute atomic E-state index is 11.7. The van der Waals surface area contributed by atoms with Crippen LogP contribution in [0.3, 0.4) is 0 Å². The summed E-state index contributed by atoms with van der Waals surface area (Å²) in [7, 11) is 1.31. The minimum Gasteiger partial charge on any atom is -0.468 e. The van der Waals surface area contributed by atoms with E-state index in [0.29, 0.717) is 0 Å². The van der Waals surface area contributed by atoms with E-state index < -0.39 is 11.4 Å². The molecule has 0 fully saturated rings. The molecule has 5 nitrogen and oxygen atoms in total. The molecule has 0 amide bonds. The van der Waals surface area contributed by atoms with Gasteiger partial charge in [0.15, 0.2) is 0 Å². The average Bonchev–Trinajstić information content (AvgIpc) is 2.32. The Morgan fingerprint density at radius 3 is 2.06 bits per heavy atom. The third kappa shape index (κ3) is 5.49. The smallest absolute Gasteiger partial charge is 0.317 e. The van der Waals surface area contributed by atoms with E-state index in [9.17, 15) is 9.59 Å². The van der Waals surface area contributed by atoms with E-state index in [2.05, 4.69) is 0 Å². The van der Waals surface area contributed by atoms with Crippen molar-refractivity contribution in [3.05, 3.63) is 0 Å². The van der Waals surface area contributed by atoms with Crippen molar-refractivity contribution in [2.24, 2.45) is 11.3 Å². The molecule has 0 aliphatic rings. The van der Waals surface area contributed by atoms with E-state index in [1.54, 1.807) is 20.8 Å². The molecule has 106 valence electrons. The molecule has 0 radical (unpaired) electrons. The summed E-state index contributed by atoms with van der Waals surface area (Å²) < 4.78 is 15.3. The SMILES string of the molecule is COC(=O)C(C)(COC(=O)C(C)C)COC(C)C. The standard InChI is InChI=1S/C13H24O5/c1-9(2)11(14)18-8-13(5,12(15)16-6)7-17-10(3)4/h9-10H,7-8H2,1-6H3. The van der Waals surface area contributed by atoms with Gasteiger partial charge in [-0.1, -0.05) is 13.8 Å². The Bertz CT molecular complexity index is 285. The molecule has 0 aromatic rings. The summed E-state index contributed by atoms with van der Waals surface area (Å²) in [5.41, 5.74) is -0.969. The predicted molar refractivity (Wildman–Crippen MR) is 67.0 cm³/mol. The van der Waals surface area contributed by atoms with Crippen molar-refractivity contribution in [1.29, 1.82) is 0 Å². The summed E-state index contributed by atoms with van der Waals surface area (Å²) in [6, 6.07) is 0. The highest BCUT2D eigenvalue weighted by atomic mass is 16.6. The van der Waals surface area contributed by atoms with Crippen molar-refractivity contribution in [2.75, 3.05) is 20.3 Å². The van der Waals surface area contributed by atoms with Crippen molar-refractivity contribution >= 4 is 11.9 Å². The van der Waals surface area contributed by atoms with Crippen molar-refractivity contribution in [3.8, 4) is 0 Å². The van der Waals surface area contributed by atoms with Gasteiger partial charge in [-0.15, -0.1) is 0 Å². The molecule has 0 saturated carbocycles. The van der Waals surface area contributed by atoms with Crippen LogP contribution < -0.4 is 0 Å². The summed E-state index contributed by atoms with van der Waals surface area (Å²) in [5.74, 6) is -1.01. The molecule has 0 rings (SSSR count). The summed E-state index contributed by atoms with van der Waals surface area (Å²) in [6.07, 6.45) is -0.00483. The molecule has 0 aliphatic carbocycles. The molecule has 0 aromatic heterocycles. The van der Waals surface area contributed by atoms with Gasteiger partial charge in [0.1, 0.15) is 12.0 Å². The van der Waals surface area contributed by atoms with Gasteiger partial charge >= 0.3 is 11.9 Å². The van der Waals surface area contributed by atoms with Crippen LogP contribution in [-0.4, -0.2) is 38.4 Å². The van der Waals surface area contributed by atoms with E-state index in [-0.39, 0.29) is 31.2 Å². The second-order valence-corrected chi connectivity index (χ2v) is 5.17. The Balaban J connectivity index is 4.57. The quantitative estimate of drug-likeness (QED) is 0.653. The predicted octanol–water partition coefficient (Wildman–Crippen LogP) is 1.79. The molecule has 0 spiro atoms. The number of hydrogen-bond acceptors (Lipinski definition) is 5. The second kappa shape index (κ2) is 7.36. The molecule has 0 heterocycles. The summed E-state index contributed by atoms with van der Waals surface area (Å²) in [6.45, 7) is 9.00. The van der Waals surface area contributed by atoms with Crippen LogP contribution in [-0.2, 0) is 23.8 Å². The lowest BCUT2D eigenvalue weighted by Crippen LogP contribution is -2.40. The van der Waals surface area contributed by atoms with Gasteiger partial charge < -0.3 is 14.2 Å². The van der Waals surface area contributed by atoms with Crippen LogP contribution in [0.4, 0.5) is 0 Å². The van der Waals surface area contributed by atoms with Crippen LogP contribution in [0.15, 0.2) is 0 Å². The zero-order chi connectivity index (χ0) is 14.3. The molecular formula is C13H24O5. The molecule has 0 aromatic carbocycles. The monoisotopic (exact) mass is 260 g/mol. The van der Waals surface area contributed by atoms with Gasteiger partial charge in [-0.05, 0) is 20.8 Å². The molecule has 1 unspecified atom stereocenters. The first-order chi connectivity index (χ1) is 8.23. The van der Waals surface area contributed by atoms with E-state index in [0.717, 1.165) is 0 Å². The summed E-state index contributed by atoms with van der Waals surface area (Å²) >= 11 is 0. The lowest BCUT2D eigenvalue weighted by molar-refractivity contribution is -0.167. The summed E-state index contributed by atoms with van der Waals surface area (Å²) in [4.78, 5) is 23.2. The Kier molecular flexibility index (Phi) is 6.91. The fourth-order valence-electron chi connectivity index (χ4n) is 1.15. The van der Waals surface area contributed by atoms with Gasteiger partial charge in [-0.3, -0.25) is 9.59 Å². The maximum Gasteiger partial charge on any atom is 0.317 e. The van der Waals surface area contributed by atoms with E-state index in [1.807, 2.05) is 13.8 Å². The topological polar surface area (TPSA) is 61.8 Å². The van der Waals surface area contributed by atoms with Crippen LogP contribution >= 0.6 is 0 Å². The highest BCUT2D eigenvalue weighted by Gasteiger charge is 2.37. The third-order valence-corrected chi connectivity index (χ3v) is 2.42. The molecule has 0 saturated heterocycles. The number of esters is 2. The molecule has 18 heavy (non-hydrogen) atoms. The second-order valence-electron chi connectivity index (χ2n) is 5.17. The van der Waals surface area contributed by atoms with Crippen molar-refractivity contribution in [3.63, 3.8) is 0 Å². The first kappa shape index (κ1) is 16.9. The number of hydrogen-bond donors (Lipinski definition) is 0. The normalized spacial score (nSPS) is 14.4. The largest absolute Gasteiger partial charge is 0.468 e. The number of methoxy groups -OCH3 is 1. The minimum atomic E-state index is -0.969. The Hall–Kier alpha value is -1.10. The Labute approximate surface area is 109 Å². The molecule has 5 heteroatoms. The van der Waals surface area contributed by atoms with Gasteiger partial charge in [-0.25, -0.2) is 0 Å². The number of ether oxygens (including phenoxy) is 3. The highest BCUT2D eigenvalue weighted by molar-refractivity contribution is 5.77. The fourth-order valence-corrected chi connectivity index (χ4v) is 1.15. The highest BCUT2D eigenvalue weighted by Crippen LogP contribution is 2.21. The summed E-state index contributed by atoms with van der Waals surface area (Å²) in [5, 5.41) is 0. The van der Waals surface area contributed by atoms with E-state index in [1.165, 1.54) is 7.11 Å². The van der Waals surface area contributed by atoms with Crippen LogP contribution in [0.1, 0.15) is 34.6 Å². The number of rotatable bonds is 7. The van der Waals surface area contributed by atoms with E-state index >= 15 is 0 Å². The van der Waals surface area contributed by atoms with Crippen molar-refractivity contribution in [1.82, 2.24) is 0 Å². The van der Waals surface area contributed by atoms with Gasteiger partial charge in [0.25, 0.3) is 0 Å². The van der Waals surface area contributed by atoms with Crippen molar-refractivity contribution in [2.45, 2.75) is 40.7 Å². The average molecular weight is 260 g/mol. The zero-order valence-corrected chi connectivity index (χ0v) is 12.1. The van der Waals surface area contributed by atoms with Gasteiger partial charge in [0.2, 0.25) is 0 Å². The first-order valence-electron chi connectivity index (χ1n) is 6.09. The maximum atomic E-state index is 11.7. The van der Waals surface area contributed by atoms with Crippen LogP contribution in [0, 0.1) is 11.3 Å². The number of carbonyl (C=O) groups excluding carboxylic acids is 2. The Morgan fingerprint density at radius 1 is 1.11 bits per heavy atom. The molecule has 0 bridgehead atoms. The van der Waals surface area contributed by atoms with Crippen molar-refractivity contribution < 1.29 is 23.8 Å². The van der Waals surface area contributed by atoms with E-state index in [4.69, 9.17) is 14.2 Å². The fraction of sp³-hybridized carbons (Fsp3) is 0.846.